The number of carbonyl (C=O) groups excluding carboxylic acids is 3. The molecule has 0 radical (unpaired) electrons. The van der Waals surface area contributed by atoms with E-state index in [-0.39, 0.29) is 63.3 Å². The predicted molar refractivity (Wildman–Crippen MR) is 121 cm³/mol. The Balaban J connectivity index is 0.00000342. The van der Waals surface area contributed by atoms with Gasteiger partial charge in [-0.3, -0.25) is 19.5 Å². The Morgan fingerprint density at radius 3 is 2.69 bits per heavy atom. The molecule has 1 unspecified atom stereocenters. The molecule has 2 aliphatic heterocycles. The van der Waals surface area contributed by atoms with Crippen LogP contribution in [-0.4, -0.2) is 62.6 Å². The smallest absolute Gasteiger partial charge is 0.543 e. The predicted octanol–water partition coefficient (Wildman–Crippen LogP) is -3.39. The zero-order chi connectivity index (χ0) is 24.4. The summed E-state index contributed by atoms with van der Waals surface area (Å²) in [7, 11) is 1.27. The second kappa shape index (κ2) is 11.4. The maximum Gasteiger partial charge on any atom is 1.00 e. The molecular formula is C20H19N6NaO6S2. The zero-order valence-corrected chi connectivity index (χ0v) is 22.6. The summed E-state index contributed by atoms with van der Waals surface area (Å²) in [6.45, 7) is 1.76. The second-order valence-electron chi connectivity index (χ2n) is 7.15. The van der Waals surface area contributed by atoms with Gasteiger partial charge in [-0.2, -0.15) is 0 Å². The number of carboxylic acids is 1. The van der Waals surface area contributed by atoms with Gasteiger partial charge in [0.05, 0.1) is 11.7 Å². The van der Waals surface area contributed by atoms with Crippen molar-refractivity contribution in [2.45, 2.75) is 24.4 Å². The summed E-state index contributed by atoms with van der Waals surface area (Å²) in [6.07, 6.45) is 2.72. The topological polar surface area (TPSA) is 172 Å². The van der Waals surface area contributed by atoms with E-state index in [0.29, 0.717) is 0 Å². The fourth-order valence-corrected chi connectivity index (χ4v) is 5.30. The van der Waals surface area contributed by atoms with Crippen molar-refractivity contribution in [1.29, 1.82) is 0 Å². The quantitative estimate of drug-likeness (QED) is 0.153. The van der Waals surface area contributed by atoms with Crippen LogP contribution in [0.4, 0.5) is 5.13 Å². The third kappa shape index (κ3) is 5.46. The number of β-lactam (4-membered cyclic amide) rings is 1. The Bertz CT molecular complexity index is 1190. The third-order valence-corrected chi connectivity index (χ3v) is 7.00. The number of fused-ring (bicyclic) bond motifs is 1. The molecule has 2 aromatic rings. The van der Waals surface area contributed by atoms with Crippen LogP contribution in [0.3, 0.4) is 0 Å². The molecular weight excluding hydrogens is 507 g/mol. The van der Waals surface area contributed by atoms with Gasteiger partial charge >= 0.3 is 29.6 Å². The Labute approximate surface area is 230 Å². The summed E-state index contributed by atoms with van der Waals surface area (Å²) in [5.74, 6) is -2.58. The molecule has 3 atom stereocenters. The van der Waals surface area contributed by atoms with Crippen LogP contribution in [0.25, 0.3) is 0 Å². The number of oxime groups is 1. The number of hydrogen-bond acceptors (Lipinski definition) is 12. The molecule has 1 fully saturated rings. The summed E-state index contributed by atoms with van der Waals surface area (Å²) >= 11 is 2.37. The molecule has 12 nitrogen and oxygen atoms in total. The summed E-state index contributed by atoms with van der Waals surface area (Å²) in [6, 6.07) is 2.51. The molecule has 4 heterocycles. The minimum absolute atomic E-state index is 0. The largest absolute Gasteiger partial charge is 1.00 e. The van der Waals surface area contributed by atoms with Crippen LogP contribution in [0.15, 0.2) is 46.5 Å². The first kappa shape index (κ1) is 26.9. The molecule has 0 spiro atoms. The molecule has 0 bridgehead atoms. The van der Waals surface area contributed by atoms with Crippen molar-refractivity contribution in [3.8, 4) is 0 Å². The first-order chi connectivity index (χ1) is 16.3. The number of pyridine rings is 1. The van der Waals surface area contributed by atoms with Gasteiger partial charge in [0.25, 0.3) is 11.8 Å². The number of nitrogens with two attached hydrogens (primary N) is 1. The number of amides is 2. The van der Waals surface area contributed by atoms with Crippen molar-refractivity contribution in [3.63, 3.8) is 0 Å². The summed E-state index contributed by atoms with van der Waals surface area (Å²) in [5.41, 5.74) is 6.10. The van der Waals surface area contributed by atoms with E-state index in [2.05, 4.69) is 20.4 Å². The maximum absolute atomic E-state index is 12.9. The molecule has 2 amide bonds. The normalized spacial score (nSPS) is 20.2. The van der Waals surface area contributed by atoms with Crippen LogP contribution >= 0.6 is 23.1 Å². The molecule has 15 heteroatoms. The van der Waals surface area contributed by atoms with E-state index in [9.17, 15) is 19.5 Å². The zero-order valence-electron chi connectivity index (χ0n) is 19.0. The number of nitrogens with one attached hydrogen (secondary N) is 1. The van der Waals surface area contributed by atoms with Crippen molar-refractivity contribution in [3.05, 3.63) is 52.6 Å². The van der Waals surface area contributed by atoms with Gasteiger partial charge < -0.3 is 30.5 Å². The third-order valence-electron chi connectivity index (χ3n) is 5.07. The number of carbonyl (C=O) groups is 3. The average molecular weight is 527 g/mol. The Hall–Kier alpha value is -2.65. The first-order valence-electron chi connectivity index (χ1n) is 9.91. The number of anilines is 1. The summed E-state index contributed by atoms with van der Waals surface area (Å²) in [4.78, 5) is 51.3. The van der Waals surface area contributed by atoms with Crippen LogP contribution in [-0.2, 0) is 24.0 Å². The molecule has 1 saturated heterocycles. The SMILES string of the molecule is CO/N=C(\C(=O)N[C@@H]1C(=O)N2C(C(=O)[O-])=C(OC(C)c3ccncc3)CS[C@H]12)c1csc(N)n1.[Na+]. The van der Waals surface area contributed by atoms with Crippen LogP contribution in [0, 0.1) is 0 Å². The van der Waals surface area contributed by atoms with Crippen molar-refractivity contribution in [1.82, 2.24) is 20.2 Å². The van der Waals surface area contributed by atoms with Crippen molar-refractivity contribution < 1.29 is 58.6 Å². The molecule has 178 valence electrons. The van der Waals surface area contributed by atoms with Gasteiger partial charge in [0, 0.05) is 17.8 Å². The monoisotopic (exact) mass is 526 g/mol. The summed E-state index contributed by atoms with van der Waals surface area (Å²) < 4.78 is 5.87. The number of aromatic nitrogens is 2. The van der Waals surface area contributed by atoms with E-state index in [1.165, 1.54) is 24.3 Å². The van der Waals surface area contributed by atoms with Crippen LogP contribution in [0.2, 0.25) is 0 Å². The molecule has 3 N–H and O–H groups in total. The number of thioether (sulfide) groups is 1. The Morgan fingerprint density at radius 1 is 1.37 bits per heavy atom. The number of thiazole rings is 1. The van der Waals surface area contributed by atoms with E-state index >= 15 is 0 Å². The van der Waals surface area contributed by atoms with Gasteiger partial charge in [0.1, 0.15) is 41.8 Å². The molecule has 2 aliphatic rings. The number of rotatable bonds is 8. The van der Waals surface area contributed by atoms with Crippen molar-refractivity contribution in [2.24, 2.45) is 5.16 Å². The minimum Gasteiger partial charge on any atom is -0.543 e. The minimum atomic E-state index is -1.54. The fraction of sp³-hybridized carbons (Fsp3) is 0.300. The van der Waals surface area contributed by atoms with Crippen LogP contribution in [0.5, 0.6) is 0 Å². The Kier molecular flexibility index (Phi) is 8.77. The Morgan fingerprint density at radius 2 is 2.09 bits per heavy atom. The van der Waals surface area contributed by atoms with E-state index in [4.69, 9.17) is 15.3 Å². The summed E-state index contributed by atoms with van der Waals surface area (Å²) in [5, 5.41) is 19.3. The van der Waals surface area contributed by atoms with Crippen LogP contribution in [0.1, 0.15) is 24.3 Å². The van der Waals surface area contributed by atoms with Gasteiger partial charge in [-0.25, -0.2) is 4.98 Å². The van der Waals surface area contributed by atoms with Gasteiger partial charge in [0.15, 0.2) is 10.8 Å². The molecule has 2 aromatic heterocycles. The van der Waals surface area contributed by atoms with Gasteiger partial charge in [0.2, 0.25) is 0 Å². The first-order valence-corrected chi connectivity index (χ1v) is 11.8. The molecule has 0 saturated carbocycles. The van der Waals surface area contributed by atoms with Crippen LogP contribution < -0.4 is 45.7 Å². The van der Waals surface area contributed by atoms with E-state index in [1.807, 2.05) is 0 Å². The van der Waals surface area contributed by atoms with Gasteiger partial charge in [-0.05, 0) is 24.6 Å². The number of aliphatic carboxylic acids is 1. The average Bonchev–Trinajstić information content (AvgIpc) is 3.26. The molecule has 4 rings (SSSR count). The van der Waals surface area contributed by atoms with Crippen molar-refractivity contribution in [2.75, 3.05) is 18.6 Å². The number of hydrogen-bond donors (Lipinski definition) is 2. The molecule has 0 aliphatic carbocycles. The number of ether oxygens (including phenoxy) is 1. The number of nitrogens with zero attached hydrogens (tertiary/aromatic N) is 4. The van der Waals surface area contributed by atoms with E-state index in [1.54, 1.807) is 31.5 Å². The van der Waals surface area contributed by atoms with E-state index in [0.717, 1.165) is 21.8 Å². The fourth-order valence-electron chi connectivity index (χ4n) is 3.49. The maximum atomic E-state index is 12.9. The van der Waals surface area contributed by atoms with Gasteiger partial charge in [-0.1, -0.05) is 5.16 Å². The van der Waals surface area contributed by atoms with Crippen molar-refractivity contribution >= 4 is 51.7 Å². The number of nitrogen functional groups attached to an aromatic ring is 1. The van der Waals surface area contributed by atoms with E-state index < -0.39 is 35.3 Å². The standard InChI is InChI=1S/C20H20N6O6S2.Na/c1-9(10-3-5-22-6-4-10)32-12-8-33-18-14(17(28)26(18)15(12)19(29)30)24-16(27)13(25-31-2)11-7-34-20(21)23-11;/h3-7,9,14,18H,8H2,1-2H3,(H2,21,23)(H,24,27)(H,29,30);/q;+1/p-1/b25-13-;/t9?,14-,18-;/m1./s1. The second-order valence-corrected chi connectivity index (χ2v) is 9.15. The number of carboxylic acid groups (broad SMARTS) is 1. The molecule has 35 heavy (non-hydrogen) atoms. The molecule has 0 aromatic carbocycles. The van der Waals surface area contributed by atoms with Gasteiger partial charge in [-0.15, -0.1) is 23.1 Å².